The summed E-state index contributed by atoms with van der Waals surface area (Å²) in [5.74, 6) is 0.483. The molecule has 0 saturated carbocycles. The Bertz CT molecular complexity index is 370. The summed E-state index contributed by atoms with van der Waals surface area (Å²) in [5, 5.41) is 0. The molecule has 0 amide bonds. The molecule has 0 atom stereocenters. The van der Waals surface area contributed by atoms with Gasteiger partial charge in [-0.2, -0.15) is 0 Å². The Balaban J connectivity index is 0.00000121. The van der Waals surface area contributed by atoms with Crippen molar-refractivity contribution in [2.45, 2.75) is 41.0 Å². The van der Waals surface area contributed by atoms with Crippen molar-refractivity contribution in [2.24, 2.45) is 5.92 Å². The second kappa shape index (κ2) is 7.89. The first kappa shape index (κ1) is 15.7. The highest BCUT2D eigenvalue weighted by Gasteiger charge is 2.07. The highest BCUT2D eigenvalue weighted by atomic mass is 14.1. The predicted molar refractivity (Wildman–Crippen MR) is 81.1 cm³/mol. The van der Waals surface area contributed by atoms with E-state index >= 15 is 0 Å². The molecular formula is C17H26. The molecule has 0 spiro atoms. The van der Waals surface area contributed by atoms with Crippen molar-refractivity contribution in [3.63, 3.8) is 0 Å². The fraction of sp³-hybridized carbons (Fsp3) is 0.412. The van der Waals surface area contributed by atoms with Gasteiger partial charge < -0.3 is 0 Å². The Morgan fingerprint density at radius 2 is 1.88 bits per heavy atom. The van der Waals surface area contributed by atoms with Crippen LogP contribution in [0, 0.1) is 5.92 Å². The number of allylic oxidation sites excluding steroid dienone is 1. The van der Waals surface area contributed by atoms with Gasteiger partial charge in [-0.15, -0.1) is 0 Å². The lowest BCUT2D eigenvalue weighted by molar-refractivity contribution is 0.857. The van der Waals surface area contributed by atoms with Gasteiger partial charge in [0.25, 0.3) is 0 Å². The molecule has 0 saturated heterocycles. The standard InChI is InChI=1S/C15H20.C2H6/c1-6-13-8-9-15(12(5)11(3)4)14(7-2)10-13;1-2/h7-11H,2,5-6H2,1,3-4H3;1-2H3. The van der Waals surface area contributed by atoms with Crippen molar-refractivity contribution >= 4 is 11.6 Å². The second-order valence-corrected chi connectivity index (χ2v) is 4.16. The Labute approximate surface area is 107 Å². The van der Waals surface area contributed by atoms with Crippen molar-refractivity contribution in [1.29, 1.82) is 0 Å². The van der Waals surface area contributed by atoms with E-state index in [2.05, 4.69) is 52.1 Å². The maximum atomic E-state index is 4.14. The molecule has 0 aliphatic carbocycles. The minimum atomic E-state index is 0.483. The molecule has 0 aromatic heterocycles. The summed E-state index contributed by atoms with van der Waals surface area (Å²) in [6, 6.07) is 6.55. The Hall–Kier alpha value is -1.30. The van der Waals surface area contributed by atoms with Gasteiger partial charge in [-0.05, 0) is 34.6 Å². The highest BCUT2D eigenvalue weighted by Crippen LogP contribution is 2.26. The molecule has 0 unspecified atom stereocenters. The summed E-state index contributed by atoms with van der Waals surface area (Å²) in [6.07, 6.45) is 2.98. The monoisotopic (exact) mass is 230 g/mol. The molecule has 94 valence electrons. The largest absolute Gasteiger partial charge is 0.0984 e. The molecule has 1 aromatic carbocycles. The normalized spacial score (nSPS) is 9.53. The summed E-state index contributed by atoms with van der Waals surface area (Å²) < 4.78 is 0. The maximum Gasteiger partial charge on any atom is -0.0155 e. The molecule has 0 aliphatic heterocycles. The van der Waals surface area contributed by atoms with E-state index in [9.17, 15) is 0 Å². The van der Waals surface area contributed by atoms with E-state index in [4.69, 9.17) is 0 Å². The van der Waals surface area contributed by atoms with Crippen LogP contribution < -0.4 is 0 Å². The minimum Gasteiger partial charge on any atom is -0.0984 e. The molecule has 0 nitrogen and oxygen atoms in total. The molecule has 0 bridgehead atoms. The number of hydrogen-bond acceptors (Lipinski definition) is 0. The first-order valence-electron chi connectivity index (χ1n) is 6.54. The average molecular weight is 230 g/mol. The minimum absolute atomic E-state index is 0.483. The number of aryl methyl sites for hydroxylation is 1. The third kappa shape index (κ3) is 4.22. The van der Waals surface area contributed by atoms with Crippen molar-refractivity contribution in [3.8, 4) is 0 Å². The smallest absolute Gasteiger partial charge is 0.0155 e. The van der Waals surface area contributed by atoms with E-state index in [-0.39, 0.29) is 0 Å². The third-order valence-corrected chi connectivity index (χ3v) is 2.79. The van der Waals surface area contributed by atoms with Crippen molar-refractivity contribution in [3.05, 3.63) is 48.0 Å². The van der Waals surface area contributed by atoms with Crippen molar-refractivity contribution in [1.82, 2.24) is 0 Å². The quantitative estimate of drug-likeness (QED) is 0.632. The first-order chi connectivity index (χ1) is 8.10. The Kier molecular flexibility index (Phi) is 7.29. The van der Waals surface area contributed by atoms with Gasteiger partial charge in [0.05, 0.1) is 0 Å². The summed E-state index contributed by atoms with van der Waals surface area (Å²) in [7, 11) is 0. The third-order valence-electron chi connectivity index (χ3n) is 2.79. The fourth-order valence-electron chi connectivity index (χ4n) is 1.60. The van der Waals surface area contributed by atoms with Crippen LogP contribution in [0.3, 0.4) is 0 Å². The SMILES string of the molecule is C=Cc1cc(CC)ccc1C(=C)C(C)C.CC. The zero-order chi connectivity index (χ0) is 13.4. The zero-order valence-corrected chi connectivity index (χ0v) is 12.0. The van der Waals surface area contributed by atoms with Crippen molar-refractivity contribution in [2.75, 3.05) is 0 Å². The van der Waals surface area contributed by atoms with Crippen LogP contribution in [0.1, 0.15) is 51.3 Å². The number of hydrogen-bond donors (Lipinski definition) is 0. The topological polar surface area (TPSA) is 0 Å². The van der Waals surface area contributed by atoms with Crippen LogP contribution in [0.4, 0.5) is 0 Å². The average Bonchev–Trinajstić information content (AvgIpc) is 2.39. The molecule has 0 fully saturated rings. The van der Waals surface area contributed by atoms with E-state index in [0.717, 1.165) is 6.42 Å². The summed E-state index contributed by atoms with van der Waals surface area (Å²) in [5.41, 5.74) is 4.98. The van der Waals surface area contributed by atoms with Gasteiger partial charge in [0.15, 0.2) is 0 Å². The van der Waals surface area contributed by atoms with Gasteiger partial charge in [-0.1, -0.05) is 72.1 Å². The molecule has 1 aromatic rings. The first-order valence-corrected chi connectivity index (χ1v) is 6.54. The lowest BCUT2D eigenvalue weighted by Gasteiger charge is -2.13. The van der Waals surface area contributed by atoms with Gasteiger partial charge in [-0.25, -0.2) is 0 Å². The van der Waals surface area contributed by atoms with Crippen LogP contribution in [0.2, 0.25) is 0 Å². The highest BCUT2D eigenvalue weighted by molar-refractivity contribution is 5.73. The predicted octanol–water partition coefficient (Wildman–Crippen LogP) is 5.59. The molecular weight excluding hydrogens is 204 g/mol. The Morgan fingerprint density at radius 3 is 2.29 bits per heavy atom. The van der Waals surface area contributed by atoms with Gasteiger partial charge in [-0.3, -0.25) is 0 Å². The van der Waals surface area contributed by atoms with Gasteiger partial charge in [0, 0.05) is 0 Å². The summed E-state index contributed by atoms with van der Waals surface area (Å²) >= 11 is 0. The summed E-state index contributed by atoms with van der Waals surface area (Å²) in [4.78, 5) is 0. The van der Waals surface area contributed by atoms with Crippen LogP contribution in [-0.2, 0) is 6.42 Å². The molecule has 0 heterocycles. The van der Waals surface area contributed by atoms with Gasteiger partial charge >= 0.3 is 0 Å². The maximum absolute atomic E-state index is 4.14. The van der Waals surface area contributed by atoms with Crippen LogP contribution in [0.25, 0.3) is 11.6 Å². The number of benzene rings is 1. The second-order valence-electron chi connectivity index (χ2n) is 4.16. The molecule has 0 aliphatic rings. The van der Waals surface area contributed by atoms with Crippen LogP contribution in [0.15, 0.2) is 31.4 Å². The van der Waals surface area contributed by atoms with E-state index in [1.165, 1.54) is 22.3 Å². The van der Waals surface area contributed by atoms with Crippen LogP contribution in [-0.4, -0.2) is 0 Å². The van der Waals surface area contributed by atoms with E-state index in [0.29, 0.717) is 5.92 Å². The fourth-order valence-corrected chi connectivity index (χ4v) is 1.60. The summed E-state index contributed by atoms with van der Waals surface area (Å²) in [6.45, 7) is 18.5. The van der Waals surface area contributed by atoms with Crippen LogP contribution >= 0.6 is 0 Å². The number of rotatable bonds is 4. The molecule has 0 heteroatoms. The Morgan fingerprint density at radius 1 is 1.29 bits per heavy atom. The van der Waals surface area contributed by atoms with Crippen LogP contribution in [0.5, 0.6) is 0 Å². The molecule has 17 heavy (non-hydrogen) atoms. The van der Waals surface area contributed by atoms with Gasteiger partial charge in [0.1, 0.15) is 0 Å². The lowest BCUT2D eigenvalue weighted by Crippen LogP contribution is -1.96. The van der Waals surface area contributed by atoms with E-state index in [1.54, 1.807) is 0 Å². The van der Waals surface area contributed by atoms with Crippen molar-refractivity contribution < 1.29 is 0 Å². The van der Waals surface area contributed by atoms with E-state index in [1.807, 2.05) is 19.9 Å². The lowest BCUT2D eigenvalue weighted by atomic mass is 9.91. The molecule has 1 rings (SSSR count). The zero-order valence-electron chi connectivity index (χ0n) is 12.0. The van der Waals surface area contributed by atoms with E-state index < -0.39 is 0 Å². The molecule has 0 N–H and O–H groups in total. The molecule has 0 radical (unpaired) electrons. The van der Waals surface area contributed by atoms with Gasteiger partial charge in [0.2, 0.25) is 0 Å².